The maximum atomic E-state index is 6.20. The van der Waals surface area contributed by atoms with Crippen LogP contribution >= 0.6 is 0 Å². The second kappa shape index (κ2) is 7.28. The van der Waals surface area contributed by atoms with Gasteiger partial charge < -0.3 is 11.1 Å². The van der Waals surface area contributed by atoms with E-state index in [1.807, 2.05) is 18.2 Å². The smallest absolute Gasteiger partial charge is 0.0599 e. The highest BCUT2D eigenvalue weighted by Gasteiger charge is 2.18. The van der Waals surface area contributed by atoms with E-state index in [0.29, 0.717) is 12.0 Å². The minimum Gasteiger partial charge on any atom is -0.398 e. The first-order valence-corrected chi connectivity index (χ1v) is 7.73. The molecular weight excluding hydrogens is 256 g/mol. The molecule has 2 atom stereocenters. The van der Waals surface area contributed by atoms with Crippen LogP contribution in [0.4, 0.5) is 5.69 Å². The minimum atomic E-state index is 0.140. The maximum absolute atomic E-state index is 6.20. The summed E-state index contributed by atoms with van der Waals surface area (Å²) in [6.07, 6.45) is 1.15. The van der Waals surface area contributed by atoms with Crippen LogP contribution in [0.25, 0.3) is 0 Å². The van der Waals surface area contributed by atoms with E-state index in [1.165, 1.54) is 5.56 Å². The molecule has 0 amide bonds. The van der Waals surface area contributed by atoms with E-state index in [1.54, 1.807) is 0 Å². The van der Waals surface area contributed by atoms with Gasteiger partial charge in [0.2, 0.25) is 0 Å². The van der Waals surface area contributed by atoms with Gasteiger partial charge in [0.15, 0.2) is 0 Å². The quantitative estimate of drug-likeness (QED) is 0.771. The van der Waals surface area contributed by atoms with Crippen molar-refractivity contribution in [2.45, 2.75) is 39.3 Å². The third-order valence-corrected chi connectivity index (χ3v) is 3.72. The van der Waals surface area contributed by atoms with Crippen LogP contribution < -0.4 is 11.1 Å². The van der Waals surface area contributed by atoms with Gasteiger partial charge in [0.25, 0.3) is 0 Å². The molecule has 2 aromatic carbocycles. The number of nitrogens with one attached hydrogen (secondary N) is 1. The van der Waals surface area contributed by atoms with Crippen LogP contribution in [0.1, 0.15) is 44.4 Å². The molecule has 0 heterocycles. The molecule has 2 rings (SSSR count). The molecule has 2 heteroatoms. The van der Waals surface area contributed by atoms with E-state index in [2.05, 4.69) is 62.5 Å². The third-order valence-electron chi connectivity index (χ3n) is 3.72. The molecule has 21 heavy (non-hydrogen) atoms. The number of nitrogen functional groups attached to an aromatic ring is 1. The van der Waals surface area contributed by atoms with Crippen molar-refractivity contribution in [3.05, 3.63) is 65.7 Å². The zero-order valence-electron chi connectivity index (χ0n) is 13.2. The Labute approximate surface area is 128 Å². The minimum absolute atomic E-state index is 0.140. The van der Waals surface area contributed by atoms with E-state index in [-0.39, 0.29) is 6.04 Å². The first-order chi connectivity index (χ1) is 10.1. The number of rotatable bonds is 6. The Bertz CT molecular complexity index is 549. The molecule has 0 saturated heterocycles. The van der Waals surface area contributed by atoms with Crippen LogP contribution in [-0.4, -0.2) is 6.04 Å². The van der Waals surface area contributed by atoms with Gasteiger partial charge in [-0.15, -0.1) is 0 Å². The number of anilines is 1. The van der Waals surface area contributed by atoms with Gasteiger partial charge in [-0.3, -0.25) is 0 Å². The van der Waals surface area contributed by atoms with Crippen LogP contribution in [0.5, 0.6) is 0 Å². The molecular formula is C19H26N2. The Morgan fingerprint density at radius 3 is 2.14 bits per heavy atom. The van der Waals surface area contributed by atoms with Gasteiger partial charge in [-0.25, -0.2) is 0 Å². The van der Waals surface area contributed by atoms with Gasteiger partial charge >= 0.3 is 0 Å². The molecule has 0 bridgehead atoms. The van der Waals surface area contributed by atoms with Crippen LogP contribution in [-0.2, 0) is 0 Å². The molecule has 0 spiro atoms. The molecule has 2 aromatic rings. The Morgan fingerprint density at radius 2 is 1.52 bits per heavy atom. The first kappa shape index (κ1) is 15.6. The second-order valence-electron chi connectivity index (χ2n) is 6.17. The average molecular weight is 282 g/mol. The van der Waals surface area contributed by atoms with E-state index >= 15 is 0 Å². The Hall–Kier alpha value is -1.80. The topological polar surface area (TPSA) is 38.0 Å². The lowest BCUT2D eigenvalue weighted by Gasteiger charge is -2.26. The summed E-state index contributed by atoms with van der Waals surface area (Å²) in [4.78, 5) is 0. The fourth-order valence-corrected chi connectivity index (χ4v) is 2.84. The van der Waals surface area contributed by atoms with Crippen LogP contribution in [0.15, 0.2) is 54.6 Å². The van der Waals surface area contributed by atoms with Crippen molar-refractivity contribution in [2.24, 2.45) is 5.92 Å². The largest absolute Gasteiger partial charge is 0.398 e. The molecule has 0 fully saturated rings. The summed E-state index contributed by atoms with van der Waals surface area (Å²) in [7, 11) is 0. The summed E-state index contributed by atoms with van der Waals surface area (Å²) in [5.74, 6) is 0.678. The van der Waals surface area contributed by atoms with Gasteiger partial charge in [-0.2, -0.15) is 0 Å². The molecule has 2 unspecified atom stereocenters. The fourth-order valence-electron chi connectivity index (χ4n) is 2.84. The summed E-state index contributed by atoms with van der Waals surface area (Å²) in [6.45, 7) is 6.76. The molecule has 0 aliphatic heterocycles. The molecule has 0 aliphatic rings. The number of benzene rings is 2. The van der Waals surface area contributed by atoms with Gasteiger partial charge in [-0.1, -0.05) is 62.4 Å². The van der Waals surface area contributed by atoms with Crippen LogP contribution in [0.3, 0.4) is 0 Å². The highest BCUT2D eigenvalue weighted by molar-refractivity contribution is 5.51. The van der Waals surface area contributed by atoms with E-state index in [0.717, 1.165) is 17.7 Å². The lowest BCUT2D eigenvalue weighted by atomic mass is 9.95. The summed E-state index contributed by atoms with van der Waals surface area (Å²) < 4.78 is 0. The van der Waals surface area contributed by atoms with Gasteiger partial charge in [-0.05, 0) is 36.5 Å². The van der Waals surface area contributed by atoms with Crippen molar-refractivity contribution in [2.75, 3.05) is 5.73 Å². The van der Waals surface area contributed by atoms with Crippen molar-refractivity contribution >= 4 is 5.69 Å². The average Bonchev–Trinajstić information content (AvgIpc) is 2.46. The predicted molar refractivity (Wildman–Crippen MR) is 91.2 cm³/mol. The van der Waals surface area contributed by atoms with E-state index in [9.17, 15) is 0 Å². The van der Waals surface area contributed by atoms with Crippen molar-refractivity contribution < 1.29 is 0 Å². The van der Waals surface area contributed by atoms with Gasteiger partial charge in [0.1, 0.15) is 0 Å². The molecule has 2 nitrogen and oxygen atoms in total. The van der Waals surface area contributed by atoms with Crippen LogP contribution in [0, 0.1) is 5.92 Å². The van der Waals surface area contributed by atoms with Crippen molar-refractivity contribution in [3.8, 4) is 0 Å². The molecule has 0 aromatic heterocycles. The van der Waals surface area contributed by atoms with Crippen molar-refractivity contribution in [3.63, 3.8) is 0 Å². The highest BCUT2D eigenvalue weighted by atomic mass is 14.9. The maximum Gasteiger partial charge on any atom is 0.0599 e. The summed E-state index contributed by atoms with van der Waals surface area (Å²) in [5, 5.41) is 3.74. The number of para-hydroxylation sites is 1. The van der Waals surface area contributed by atoms with Crippen molar-refractivity contribution in [1.82, 2.24) is 5.32 Å². The molecule has 0 aliphatic carbocycles. The molecule has 0 saturated carbocycles. The molecule has 112 valence electrons. The standard InChI is InChI=1S/C19H26N2/c1-14(2)13-15(3)21-19(16-9-5-4-6-10-16)17-11-7-8-12-18(17)20/h4-12,14-15,19,21H,13,20H2,1-3H3. The monoisotopic (exact) mass is 282 g/mol. The SMILES string of the molecule is CC(C)CC(C)NC(c1ccccc1)c1ccccc1N. The normalized spacial score (nSPS) is 14.1. The Kier molecular flexibility index (Phi) is 5.40. The lowest BCUT2D eigenvalue weighted by molar-refractivity contribution is 0.417. The zero-order chi connectivity index (χ0) is 15.2. The Morgan fingerprint density at radius 1 is 0.905 bits per heavy atom. The van der Waals surface area contributed by atoms with E-state index in [4.69, 9.17) is 5.73 Å². The predicted octanol–water partition coefficient (Wildman–Crippen LogP) is 4.38. The number of nitrogens with two attached hydrogens (primary N) is 1. The summed E-state index contributed by atoms with van der Waals surface area (Å²) in [6, 6.07) is 19.2. The molecule has 0 radical (unpaired) electrons. The summed E-state index contributed by atoms with van der Waals surface area (Å²) in [5.41, 5.74) is 9.45. The lowest BCUT2D eigenvalue weighted by Crippen LogP contribution is -2.32. The van der Waals surface area contributed by atoms with Crippen LogP contribution in [0.2, 0.25) is 0 Å². The van der Waals surface area contributed by atoms with E-state index < -0.39 is 0 Å². The second-order valence-corrected chi connectivity index (χ2v) is 6.17. The zero-order valence-corrected chi connectivity index (χ0v) is 13.2. The molecule has 3 N–H and O–H groups in total. The fraction of sp³-hybridized carbons (Fsp3) is 0.368. The Balaban J connectivity index is 2.30. The van der Waals surface area contributed by atoms with Crippen molar-refractivity contribution in [1.29, 1.82) is 0 Å². The summed E-state index contributed by atoms with van der Waals surface area (Å²) >= 11 is 0. The first-order valence-electron chi connectivity index (χ1n) is 7.73. The number of hydrogen-bond donors (Lipinski definition) is 2. The van der Waals surface area contributed by atoms with Gasteiger partial charge in [0.05, 0.1) is 6.04 Å². The third kappa shape index (κ3) is 4.33. The van der Waals surface area contributed by atoms with Gasteiger partial charge in [0, 0.05) is 11.7 Å². The highest BCUT2D eigenvalue weighted by Crippen LogP contribution is 2.27. The number of hydrogen-bond acceptors (Lipinski definition) is 2.